The van der Waals surface area contributed by atoms with Gasteiger partial charge in [0.25, 0.3) is 0 Å². The first-order valence-corrected chi connectivity index (χ1v) is 22.3. The second kappa shape index (κ2) is 42.1. The van der Waals surface area contributed by atoms with E-state index in [1.165, 1.54) is 148 Å². The second-order valence-corrected chi connectivity index (χ2v) is 15.1. The van der Waals surface area contributed by atoms with Gasteiger partial charge in [0.1, 0.15) is 0 Å². The fraction of sp³-hybridized carbons (Fsp3) is 0.977. The first kappa shape index (κ1) is 48.6. The summed E-state index contributed by atoms with van der Waals surface area (Å²) in [7, 11) is 0. The van der Waals surface area contributed by atoms with Gasteiger partial charge >= 0.3 is 5.97 Å². The minimum atomic E-state index is -0.0342. The number of halogens is 1. The lowest BCUT2D eigenvalue weighted by atomic mass is 10.0. The molecular formula is C43H86ClNO4. The van der Waals surface area contributed by atoms with Crippen LogP contribution in [0, 0.1) is 0 Å². The minimum absolute atomic E-state index is 0.0342. The monoisotopic (exact) mass is 716 g/mol. The lowest BCUT2D eigenvalue weighted by molar-refractivity contribution is -0.143. The van der Waals surface area contributed by atoms with Gasteiger partial charge in [0.15, 0.2) is 0 Å². The van der Waals surface area contributed by atoms with Crippen molar-refractivity contribution in [2.45, 2.75) is 219 Å². The summed E-state index contributed by atoms with van der Waals surface area (Å²) >= 11 is 6.21. The Bertz CT molecular complexity index is 637. The van der Waals surface area contributed by atoms with Gasteiger partial charge < -0.3 is 14.2 Å². The van der Waals surface area contributed by atoms with Crippen molar-refractivity contribution >= 4 is 17.6 Å². The topological polar surface area (TPSA) is 48.0 Å². The maximum absolute atomic E-state index is 12.2. The van der Waals surface area contributed by atoms with E-state index in [4.69, 9.17) is 25.8 Å². The highest BCUT2D eigenvalue weighted by atomic mass is 35.5. The van der Waals surface area contributed by atoms with E-state index in [9.17, 15) is 4.79 Å². The maximum atomic E-state index is 12.2. The Hall–Kier alpha value is -0.360. The summed E-state index contributed by atoms with van der Waals surface area (Å²) < 4.78 is 18.0. The first-order chi connectivity index (χ1) is 24.2. The Balaban J connectivity index is 4.11. The molecule has 0 spiro atoms. The average molecular weight is 717 g/mol. The van der Waals surface area contributed by atoms with Crippen molar-refractivity contribution < 1.29 is 19.0 Å². The molecule has 1 atom stereocenters. The van der Waals surface area contributed by atoms with E-state index in [0.717, 1.165) is 71.4 Å². The van der Waals surface area contributed by atoms with Gasteiger partial charge in [-0.3, -0.25) is 9.69 Å². The van der Waals surface area contributed by atoms with Gasteiger partial charge in [0.2, 0.25) is 0 Å². The van der Waals surface area contributed by atoms with E-state index in [1.807, 2.05) is 0 Å². The van der Waals surface area contributed by atoms with Gasteiger partial charge in [0.05, 0.1) is 19.3 Å². The summed E-state index contributed by atoms with van der Waals surface area (Å²) in [5.74, 6) is 0.585. The van der Waals surface area contributed by atoms with Crippen LogP contribution in [-0.4, -0.2) is 68.9 Å². The summed E-state index contributed by atoms with van der Waals surface area (Å²) in [5, 5.41) is 0. The van der Waals surface area contributed by atoms with E-state index in [0.29, 0.717) is 25.5 Å². The van der Waals surface area contributed by atoms with Crippen molar-refractivity contribution in [3.05, 3.63) is 0 Å². The van der Waals surface area contributed by atoms with Crippen LogP contribution in [-0.2, 0) is 19.0 Å². The zero-order valence-electron chi connectivity index (χ0n) is 33.4. The molecule has 294 valence electrons. The third kappa shape index (κ3) is 38.7. The molecule has 0 aromatic carbocycles. The maximum Gasteiger partial charge on any atom is 0.305 e. The molecular weight excluding hydrogens is 630 g/mol. The van der Waals surface area contributed by atoms with Gasteiger partial charge in [-0.1, -0.05) is 175 Å². The highest BCUT2D eigenvalue weighted by molar-refractivity contribution is 6.18. The summed E-state index contributed by atoms with van der Waals surface area (Å²) in [4.78, 5) is 14.6. The molecule has 0 saturated heterocycles. The molecule has 0 N–H and O–H groups in total. The molecule has 5 nitrogen and oxygen atoms in total. The van der Waals surface area contributed by atoms with Gasteiger partial charge in [-0.15, -0.1) is 11.6 Å². The number of rotatable bonds is 42. The van der Waals surface area contributed by atoms with Gasteiger partial charge in [0, 0.05) is 38.6 Å². The molecule has 0 aliphatic carbocycles. The van der Waals surface area contributed by atoms with Crippen molar-refractivity contribution in [1.29, 1.82) is 0 Å². The van der Waals surface area contributed by atoms with Crippen LogP contribution in [0.15, 0.2) is 0 Å². The molecule has 0 bridgehead atoms. The molecule has 0 aliphatic heterocycles. The number of ether oxygens (including phenoxy) is 3. The number of nitrogens with zero attached hydrogens (tertiary/aromatic N) is 1. The smallest absolute Gasteiger partial charge is 0.305 e. The molecule has 0 saturated carbocycles. The van der Waals surface area contributed by atoms with Crippen LogP contribution in [0.5, 0.6) is 0 Å². The number of carbonyl (C=O) groups excluding carboxylic acids is 1. The third-order valence-corrected chi connectivity index (χ3v) is 9.95. The Labute approximate surface area is 312 Å². The Morgan fingerprint density at radius 1 is 0.510 bits per heavy atom. The van der Waals surface area contributed by atoms with Crippen LogP contribution in [0.3, 0.4) is 0 Å². The SMILES string of the molecule is CCCCCCCCCCCCCCCCOCC(CN(CCCl)CCCCCC(=O)OCCCCCCCCCC)OCCCCCC. The largest absolute Gasteiger partial charge is 0.466 e. The van der Waals surface area contributed by atoms with Crippen molar-refractivity contribution in [3.8, 4) is 0 Å². The molecule has 0 aliphatic rings. The highest BCUT2D eigenvalue weighted by Crippen LogP contribution is 2.14. The summed E-state index contributed by atoms with van der Waals surface area (Å²) in [5.41, 5.74) is 0. The normalized spacial score (nSPS) is 12.3. The fourth-order valence-corrected chi connectivity index (χ4v) is 6.76. The number of hydrogen-bond donors (Lipinski definition) is 0. The van der Waals surface area contributed by atoms with Crippen molar-refractivity contribution in [2.24, 2.45) is 0 Å². The molecule has 49 heavy (non-hydrogen) atoms. The summed E-state index contributed by atoms with van der Waals surface area (Å²) in [6, 6.07) is 0. The highest BCUT2D eigenvalue weighted by Gasteiger charge is 2.15. The van der Waals surface area contributed by atoms with E-state index >= 15 is 0 Å². The van der Waals surface area contributed by atoms with Gasteiger partial charge in [-0.05, 0) is 38.6 Å². The quantitative estimate of drug-likeness (QED) is 0.0358. The zero-order valence-corrected chi connectivity index (χ0v) is 34.2. The number of carbonyl (C=O) groups is 1. The minimum Gasteiger partial charge on any atom is -0.466 e. The Morgan fingerprint density at radius 2 is 0.939 bits per heavy atom. The van der Waals surface area contributed by atoms with E-state index in [1.54, 1.807) is 0 Å². The number of hydrogen-bond acceptors (Lipinski definition) is 5. The van der Waals surface area contributed by atoms with Crippen LogP contribution in [0.2, 0.25) is 0 Å². The van der Waals surface area contributed by atoms with Crippen molar-refractivity contribution in [3.63, 3.8) is 0 Å². The summed E-state index contributed by atoms with van der Waals surface area (Å²) in [6.45, 7) is 12.4. The molecule has 0 rings (SSSR count). The predicted molar refractivity (Wildman–Crippen MR) is 214 cm³/mol. The van der Waals surface area contributed by atoms with Crippen molar-refractivity contribution in [2.75, 3.05) is 51.9 Å². The molecule has 0 aromatic rings. The fourth-order valence-electron chi connectivity index (χ4n) is 6.52. The first-order valence-electron chi connectivity index (χ1n) is 21.8. The molecule has 0 aromatic heterocycles. The number of esters is 1. The van der Waals surface area contributed by atoms with Crippen LogP contribution >= 0.6 is 11.6 Å². The zero-order chi connectivity index (χ0) is 35.7. The van der Waals surface area contributed by atoms with E-state index in [2.05, 4.69) is 25.7 Å². The molecule has 1 unspecified atom stereocenters. The van der Waals surface area contributed by atoms with Crippen molar-refractivity contribution in [1.82, 2.24) is 4.90 Å². The van der Waals surface area contributed by atoms with Crippen LogP contribution < -0.4 is 0 Å². The van der Waals surface area contributed by atoms with Gasteiger partial charge in [-0.25, -0.2) is 0 Å². The van der Waals surface area contributed by atoms with E-state index < -0.39 is 0 Å². The second-order valence-electron chi connectivity index (χ2n) is 14.7. The molecule has 0 amide bonds. The van der Waals surface area contributed by atoms with Crippen LogP contribution in [0.4, 0.5) is 0 Å². The number of unbranched alkanes of at least 4 members (excludes halogenated alkanes) is 25. The van der Waals surface area contributed by atoms with Crippen LogP contribution in [0.1, 0.15) is 213 Å². The standard InChI is InChI=1S/C43H86ClNO4/c1-4-7-10-13-15-17-18-19-20-21-22-23-25-30-37-47-41-42(48-38-31-12-9-6-3)40-45(36-34-44)35-29-27-28-33-43(46)49-39-32-26-24-16-14-11-8-5-2/h42H,4-41H2,1-3H3. The van der Waals surface area contributed by atoms with Crippen LogP contribution in [0.25, 0.3) is 0 Å². The summed E-state index contributed by atoms with van der Waals surface area (Å²) in [6.07, 6.45) is 37.8. The Kier molecular flexibility index (Phi) is 41.7. The molecule has 0 radical (unpaired) electrons. The Morgan fingerprint density at radius 3 is 1.45 bits per heavy atom. The number of alkyl halides is 1. The molecule has 0 heterocycles. The third-order valence-electron chi connectivity index (χ3n) is 9.78. The lowest BCUT2D eigenvalue weighted by Crippen LogP contribution is -2.38. The van der Waals surface area contributed by atoms with E-state index in [-0.39, 0.29) is 12.1 Å². The lowest BCUT2D eigenvalue weighted by Gasteiger charge is -2.27. The average Bonchev–Trinajstić information content (AvgIpc) is 3.10. The predicted octanol–water partition coefficient (Wildman–Crippen LogP) is 13.2. The molecule has 0 fully saturated rings. The van der Waals surface area contributed by atoms with Gasteiger partial charge in [-0.2, -0.15) is 0 Å². The molecule has 6 heteroatoms.